The van der Waals surface area contributed by atoms with Gasteiger partial charge in [0.25, 0.3) is 0 Å². The number of Topliss-reactive ketones (excluding diaryl/α,β-unsaturated/α-hetero) is 1. The van der Waals surface area contributed by atoms with Crippen molar-refractivity contribution in [1.29, 1.82) is 0 Å². The fraction of sp³-hybridized carbons (Fsp3) is 0.138. The predicted molar refractivity (Wildman–Crippen MR) is 162 cm³/mol. The highest BCUT2D eigenvalue weighted by Crippen LogP contribution is 2.38. The lowest BCUT2D eigenvalue weighted by molar-refractivity contribution is -0.106. The lowest BCUT2D eigenvalue weighted by atomic mass is 10.0. The number of H-pyrrole nitrogens is 1. The van der Waals surface area contributed by atoms with Crippen molar-refractivity contribution >= 4 is 70.2 Å². The smallest absolute Gasteiger partial charge is 0.229 e. The maximum atomic E-state index is 12.7. The van der Waals surface area contributed by atoms with E-state index >= 15 is 0 Å². The van der Waals surface area contributed by atoms with Crippen LogP contribution in [0.3, 0.4) is 0 Å². The van der Waals surface area contributed by atoms with Crippen LogP contribution in [0.15, 0.2) is 72.9 Å². The highest BCUT2D eigenvalue weighted by atomic mass is 35.5. The molecule has 0 aliphatic rings. The lowest BCUT2D eigenvalue weighted by Crippen LogP contribution is -2.10. The first-order valence-corrected chi connectivity index (χ1v) is 15.3. The molecular formula is C29H28ClN6O3P. The van der Waals surface area contributed by atoms with Crippen molar-refractivity contribution in [3.8, 4) is 11.3 Å². The van der Waals surface area contributed by atoms with Crippen LogP contribution in [0.2, 0.25) is 5.02 Å². The molecule has 0 aliphatic carbocycles. The number of hydrogen-bond acceptors (Lipinski definition) is 8. The zero-order valence-corrected chi connectivity index (χ0v) is 24.0. The van der Waals surface area contributed by atoms with Gasteiger partial charge in [0.2, 0.25) is 5.95 Å². The van der Waals surface area contributed by atoms with Gasteiger partial charge in [0, 0.05) is 27.5 Å². The van der Waals surface area contributed by atoms with Crippen molar-refractivity contribution in [2.24, 2.45) is 0 Å². The Hall–Kier alpha value is -4.33. The summed E-state index contributed by atoms with van der Waals surface area (Å²) in [4.78, 5) is 29.3. The van der Waals surface area contributed by atoms with Gasteiger partial charge in [-0.25, -0.2) is 4.98 Å². The number of para-hydroxylation sites is 1. The Morgan fingerprint density at radius 2 is 1.73 bits per heavy atom. The fourth-order valence-electron chi connectivity index (χ4n) is 4.00. The summed E-state index contributed by atoms with van der Waals surface area (Å²) in [7, 11) is -2.52. The Kier molecular flexibility index (Phi) is 8.77. The highest BCUT2D eigenvalue weighted by Gasteiger charge is 2.17. The summed E-state index contributed by atoms with van der Waals surface area (Å²) in [5, 5.41) is 15.9. The van der Waals surface area contributed by atoms with Gasteiger partial charge in [-0.1, -0.05) is 48.0 Å². The van der Waals surface area contributed by atoms with Gasteiger partial charge in [0.15, 0.2) is 11.6 Å². The standard InChI is InChI=1S/C27H24ClN6O2P.C2H4O/c1-16(35)17-8-10-18(11-9-17)25-20-14-19(12-13-22(20)33-34-25)30-27-29-15-21(28)26(32-27)31-23-6-4-5-7-24(23)37(2,3)36;1-2-3/h4-15H,1-3H3,(H,33,34)(H2,29,30,31,32);2H,1H3. The molecule has 0 radical (unpaired) electrons. The topological polar surface area (TPSA) is 130 Å². The van der Waals surface area contributed by atoms with Gasteiger partial charge in [-0.3, -0.25) is 9.89 Å². The molecule has 0 unspecified atom stereocenters. The minimum absolute atomic E-state index is 0.0173. The molecule has 0 bridgehead atoms. The van der Waals surface area contributed by atoms with E-state index in [1.165, 1.54) is 13.1 Å². The molecule has 9 nitrogen and oxygen atoms in total. The highest BCUT2D eigenvalue weighted by molar-refractivity contribution is 7.70. The molecule has 2 aromatic heterocycles. The minimum atomic E-state index is -2.52. The van der Waals surface area contributed by atoms with Crippen molar-refractivity contribution in [2.75, 3.05) is 24.0 Å². The quantitative estimate of drug-likeness (QED) is 0.110. The van der Waals surface area contributed by atoms with Crippen molar-refractivity contribution in [3.05, 3.63) is 83.5 Å². The first-order valence-electron chi connectivity index (χ1n) is 12.3. The van der Waals surface area contributed by atoms with E-state index < -0.39 is 7.14 Å². The van der Waals surface area contributed by atoms with Crippen molar-refractivity contribution < 1.29 is 14.2 Å². The summed E-state index contributed by atoms with van der Waals surface area (Å²) in [6.45, 7) is 6.43. The van der Waals surface area contributed by atoms with Crippen LogP contribution in [0.1, 0.15) is 24.2 Å². The maximum Gasteiger partial charge on any atom is 0.229 e. The van der Waals surface area contributed by atoms with E-state index in [-0.39, 0.29) is 5.78 Å². The van der Waals surface area contributed by atoms with Crippen molar-refractivity contribution in [1.82, 2.24) is 20.2 Å². The van der Waals surface area contributed by atoms with Crippen LogP contribution in [0, 0.1) is 0 Å². The van der Waals surface area contributed by atoms with E-state index in [2.05, 4.69) is 30.8 Å². The number of ketones is 1. The van der Waals surface area contributed by atoms with E-state index in [4.69, 9.17) is 16.4 Å². The number of aromatic nitrogens is 4. The number of carbonyl (C=O) groups excluding carboxylic acids is 2. The maximum absolute atomic E-state index is 12.7. The molecule has 2 heterocycles. The molecule has 0 spiro atoms. The number of anilines is 4. The number of hydrogen-bond donors (Lipinski definition) is 3. The number of halogens is 1. The number of aromatic amines is 1. The summed E-state index contributed by atoms with van der Waals surface area (Å²) in [5.41, 5.74) is 4.63. The Labute approximate surface area is 236 Å². The van der Waals surface area contributed by atoms with E-state index in [0.29, 0.717) is 33.3 Å². The Morgan fingerprint density at radius 1 is 1.02 bits per heavy atom. The molecule has 3 aromatic carbocycles. The van der Waals surface area contributed by atoms with Crippen LogP contribution < -0.4 is 15.9 Å². The molecular weight excluding hydrogens is 547 g/mol. The summed E-state index contributed by atoms with van der Waals surface area (Å²) in [5.74, 6) is 0.759. The minimum Gasteiger partial charge on any atom is -0.338 e. The molecule has 5 rings (SSSR count). The fourth-order valence-corrected chi connectivity index (χ4v) is 5.29. The number of aldehydes is 1. The normalized spacial score (nSPS) is 10.9. The number of carbonyl (C=O) groups is 2. The average Bonchev–Trinajstić information content (AvgIpc) is 3.34. The van der Waals surface area contributed by atoms with Gasteiger partial charge >= 0.3 is 0 Å². The van der Waals surface area contributed by atoms with Crippen molar-refractivity contribution in [2.45, 2.75) is 13.8 Å². The molecule has 0 saturated carbocycles. The summed E-state index contributed by atoms with van der Waals surface area (Å²) in [6, 6.07) is 20.5. The third-order valence-electron chi connectivity index (χ3n) is 5.87. The van der Waals surface area contributed by atoms with Gasteiger partial charge in [-0.05, 0) is 57.5 Å². The van der Waals surface area contributed by atoms with Crippen LogP contribution >= 0.6 is 18.7 Å². The molecule has 0 fully saturated rings. The zero-order valence-electron chi connectivity index (χ0n) is 22.4. The van der Waals surface area contributed by atoms with Gasteiger partial charge in [0.1, 0.15) is 18.5 Å². The predicted octanol–water partition coefficient (Wildman–Crippen LogP) is 6.82. The third kappa shape index (κ3) is 6.62. The van der Waals surface area contributed by atoms with Gasteiger partial charge in [-0.2, -0.15) is 10.1 Å². The molecule has 204 valence electrons. The molecule has 40 heavy (non-hydrogen) atoms. The SMILES string of the molecule is CC(=O)c1ccc(-c2n[nH]c3ccc(Nc4ncc(Cl)c(Nc5ccccc5P(C)(C)=O)n4)cc23)cc1.CC=O. The van der Waals surface area contributed by atoms with Crippen LogP contribution in [-0.2, 0) is 9.36 Å². The number of benzene rings is 3. The number of fused-ring (bicyclic) bond motifs is 1. The summed E-state index contributed by atoms with van der Waals surface area (Å²) >= 11 is 6.38. The van der Waals surface area contributed by atoms with E-state index in [0.717, 1.165) is 34.1 Å². The van der Waals surface area contributed by atoms with Gasteiger partial charge < -0.3 is 20.0 Å². The Balaban J connectivity index is 0.00000118. The Morgan fingerprint density at radius 3 is 2.40 bits per heavy atom. The van der Waals surface area contributed by atoms with Crippen LogP contribution in [0.25, 0.3) is 22.2 Å². The lowest BCUT2D eigenvalue weighted by Gasteiger charge is -2.15. The molecule has 11 heteroatoms. The zero-order chi connectivity index (χ0) is 28.9. The molecule has 0 aliphatic heterocycles. The largest absolute Gasteiger partial charge is 0.338 e. The molecule has 0 amide bonds. The van der Waals surface area contributed by atoms with Crippen LogP contribution in [0.5, 0.6) is 0 Å². The molecule has 3 N–H and O–H groups in total. The van der Waals surface area contributed by atoms with Gasteiger partial charge in [0.05, 0.1) is 23.1 Å². The monoisotopic (exact) mass is 574 g/mol. The second-order valence-corrected chi connectivity index (χ2v) is 12.8. The van der Waals surface area contributed by atoms with E-state index in [9.17, 15) is 9.36 Å². The molecule has 0 atom stereocenters. The molecule has 0 saturated heterocycles. The average molecular weight is 575 g/mol. The van der Waals surface area contributed by atoms with E-state index in [1.54, 1.807) is 32.4 Å². The number of rotatable bonds is 7. The van der Waals surface area contributed by atoms with E-state index in [1.807, 2.05) is 54.6 Å². The molecule has 5 aromatic rings. The first kappa shape index (κ1) is 28.7. The van der Waals surface area contributed by atoms with Crippen molar-refractivity contribution in [3.63, 3.8) is 0 Å². The summed E-state index contributed by atoms with van der Waals surface area (Å²) in [6.07, 6.45) is 2.26. The van der Waals surface area contributed by atoms with Crippen LogP contribution in [-0.4, -0.2) is 45.6 Å². The third-order valence-corrected chi connectivity index (χ3v) is 7.69. The van der Waals surface area contributed by atoms with Crippen LogP contribution in [0.4, 0.5) is 23.1 Å². The number of nitrogens with zero attached hydrogens (tertiary/aromatic N) is 3. The number of nitrogens with one attached hydrogen (secondary N) is 3. The second-order valence-electron chi connectivity index (χ2n) is 9.21. The van der Waals surface area contributed by atoms with Gasteiger partial charge in [-0.15, -0.1) is 0 Å². The first-order chi connectivity index (χ1) is 19.1. The second kappa shape index (κ2) is 12.2. The summed E-state index contributed by atoms with van der Waals surface area (Å²) < 4.78 is 12.7. The Bertz CT molecular complexity index is 1730.